The number of hydrogen-bond acceptors (Lipinski definition) is 3. The number of aryl methyl sites for hydroxylation is 2. The van der Waals surface area contributed by atoms with Gasteiger partial charge in [0.05, 0.1) is 5.69 Å². The number of aromatic nitrogens is 2. The molecule has 0 amide bonds. The number of benzene rings is 1. The summed E-state index contributed by atoms with van der Waals surface area (Å²) in [5.41, 5.74) is 7.93. The maximum absolute atomic E-state index is 6.00. The van der Waals surface area contributed by atoms with Crippen LogP contribution in [0.25, 0.3) is 0 Å². The van der Waals surface area contributed by atoms with Crippen LogP contribution in [0.2, 0.25) is 5.02 Å². The first-order valence-electron chi connectivity index (χ1n) is 5.77. The van der Waals surface area contributed by atoms with E-state index >= 15 is 0 Å². The molecule has 0 saturated carbocycles. The van der Waals surface area contributed by atoms with Crippen LogP contribution in [0, 0.1) is 6.92 Å². The summed E-state index contributed by atoms with van der Waals surface area (Å²) < 4.78 is 1.91. The Labute approximate surface area is 116 Å². The lowest BCUT2D eigenvalue weighted by atomic mass is 10.2. The number of rotatable bonds is 4. The van der Waals surface area contributed by atoms with Crippen LogP contribution in [-0.4, -0.2) is 16.3 Å². The molecule has 18 heavy (non-hydrogen) atoms. The van der Waals surface area contributed by atoms with Gasteiger partial charge in [-0.2, -0.15) is 5.10 Å². The maximum Gasteiger partial charge on any atom is 0.102 e. The second-order valence-corrected chi connectivity index (χ2v) is 5.59. The van der Waals surface area contributed by atoms with E-state index in [0.29, 0.717) is 6.54 Å². The van der Waals surface area contributed by atoms with Crippen molar-refractivity contribution in [2.75, 3.05) is 6.54 Å². The number of halogens is 1. The van der Waals surface area contributed by atoms with Crippen molar-refractivity contribution in [2.24, 2.45) is 12.8 Å². The zero-order valence-electron chi connectivity index (χ0n) is 10.5. The Hall–Kier alpha value is -0.970. The third-order valence-electron chi connectivity index (χ3n) is 2.69. The predicted molar refractivity (Wildman–Crippen MR) is 76.3 cm³/mol. The molecule has 0 bridgehead atoms. The highest BCUT2D eigenvalue weighted by molar-refractivity contribution is 7.99. The second-order valence-electron chi connectivity index (χ2n) is 4.09. The van der Waals surface area contributed by atoms with Crippen molar-refractivity contribution in [3.63, 3.8) is 0 Å². The molecule has 0 aliphatic carbocycles. The molecule has 0 spiro atoms. The van der Waals surface area contributed by atoms with Crippen molar-refractivity contribution in [3.05, 3.63) is 40.5 Å². The van der Waals surface area contributed by atoms with Crippen molar-refractivity contribution in [3.8, 4) is 0 Å². The fraction of sp³-hybridized carbons (Fsp3) is 0.308. The van der Waals surface area contributed by atoms with Gasteiger partial charge in [0.25, 0.3) is 0 Å². The topological polar surface area (TPSA) is 43.8 Å². The van der Waals surface area contributed by atoms with Crippen molar-refractivity contribution in [2.45, 2.75) is 23.3 Å². The van der Waals surface area contributed by atoms with Crippen molar-refractivity contribution in [1.82, 2.24) is 9.78 Å². The highest BCUT2D eigenvalue weighted by Gasteiger charge is 2.13. The second kappa shape index (κ2) is 5.78. The highest BCUT2D eigenvalue weighted by atomic mass is 35.5. The van der Waals surface area contributed by atoms with Crippen molar-refractivity contribution >= 4 is 23.4 Å². The molecule has 1 heterocycles. The molecule has 0 radical (unpaired) electrons. The third-order valence-corrected chi connectivity index (χ3v) is 4.12. The fourth-order valence-corrected chi connectivity index (χ4v) is 3.24. The van der Waals surface area contributed by atoms with Gasteiger partial charge in [-0.25, -0.2) is 0 Å². The zero-order chi connectivity index (χ0) is 13.1. The Bertz CT molecular complexity index is 551. The molecule has 2 aromatic rings. The van der Waals surface area contributed by atoms with Crippen LogP contribution in [0.5, 0.6) is 0 Å². The van der Waals surface area contributed by atoms with Gasteiger partial charge >= 0.3 is 0 Å². The molecule has 2 N–H and O–H groups in total. The summed E-state index contributed by atoms with van der Waals surface area (Å²) >= 11 is 7.68. The standard InChI is InChI=1S/C13H16ClN3S/c1-9-12(6-7-15)13(17(2)16-9)18-11-5-3-4-10(14)8-11/h3-5,8H,6-7,15H2,1-2H3. The summed E-state index contributed by atoms with van der Waals surface area (Å²) in [6.07, 6.45) is 0.850. The van der Waals surface area contributed by atoms with E-state index in [1.807, 2.05) is 42.9 Å². The van der Waals surface area contributed by atoms with E-state index < -0.39 is 0 Å². The Morgan fingerprint density at radius 1 is 1.44 bits per heavy atom. The van der Waals surface area contributed by atoms with E-state index in [1.165, 1.54) is 5.56 Å². The molecule has 1 aromatic heterocycles. The van der Waals surface area contributed by atoms with E-state index in [2.05, 4.69) is 5.10 Å². The fourth-order valence-electron chi connectivity index (χ4n) is 1.88. The Morgan fingerprint density at radius 3 is 2.89 bits per heavy atom. The molecule has 96 valence electrons. The minimum atomic E-state index is 0.635. The molecular weight excluding hydrogens is 266 g/mol. The molecule has 3 nitrogen and oxygen atoms in total. The molecule has 2 rings (SSSR count). The van der Waals surface area contributed by atoms with Crippen molar-refractivity contribution < 1.29 is 0 Å². The number of nitrogens with zero attached hydrogens (tertiary/aromatic N) is 2. The Kier molecular flexibility index (Phi) is 4.32. The molecule has 0 unspecified atom stereocenters. The van der Waals surface area contributed by atoms with E-state index in [1.54, 1.807) is 11.8 Å². The molecule has 0 aliphatic rings. The summed E-state index contributed by atoms with van der Waals surface area (Å²) in [6.45, 7) is 2.66. The quantitative estimate of drug-likeness (QED) is 0.937. The van der Waals surface area contributed by atoms with E-state index in [4.69, 9.17) is 17.3 Å². The van der Waals surface area contributed by atoms with Gasteiger partial charge in [-0.1, -0.05) is 29.4 Å². The van der Waals surface area contributed by atoms with Gasteiger partial charge in [0, 0.05) is 22.5 Å². The van der Waals surface area contributed by atoms with E-state index in [0.717, 1.165) is 27.1 Å². The van der Waals surface area contributed by atoms with Gasteiger partial charge in [0.2, 0.25) is 0 Å². The van der Waals surface area contributed by atoms with E-state index in [9.17, 15) is 0 Å². The smallest absolute Gasteiger partial charge is 0.102 e. The lowest BCUT2D eigenvalue weighted by Crippen LogP contribution is -2.04. The van der Waals surface area contributed by atoms with Crippen LogP contribution in [0.4, 0.5) is 0 Å². The van der Waals surface area contributed by atoms with E-state index in [-0.39, 0.29) is 0 Å². The highest BCUT2D eigenvalue weighted by Crippen LogP contribution is 2.32. The summed E-state index contributed by atoms with van der Waals surface area (Å²) in [7, 11) is 1.96. The Morgan fingerprint density at radius 2 is 2.22 bits per heavy atom. The molecule has 1 aromatic carbocycles. The van der Waals surface area contributed by atoms with Crippen LogP contribution in [0.15, 0.2) is 34.2 Å². The monoisotopic (exact) mass is 281 g/mol. The molecule has 0 aliphatic heterocycles. The lowest BCUT2D eigenvalue weighted by Gasteiger charge is -2.06. The van der Waals surface area contributed by atoms with Gasteiger partial charge in [-0.15, -0.1) is 0 Å². The molecule has 0 saturated heterocycles. The third kappa shape index (κ3) is 2.88. The first kappa shape index (κ1) is 13.5. The van der Waals surface area contributed by atoms with Crippen LogP contribution in [-0.2, 0) is 13.5 Å². The van der Waals surface area contributed by atoms with Gasteiger partial charge in [0.15, 0.2) is 0 Å². The molecule has 0 atom stereocenters. The van der Waals surface area contributed by atoms with Crippen LogP contribution in [0.3, 0.4) is 0 Å². The summed E-state index contributed by atoms with van der Waals surface area (Å²) in [5, 5.41) is 6.34. The van der Waals surface area contributed by atoms with Crippen LogP contribution < -0.4 is 5.73 Å². The average molecular weight is 282 g/mol. The van der Waals surface area contributed by atoms with Gasteiger partial charge in [-0.05, 0) is 38.1 Å². The predicted octanol–water partition coefficient (Wildman–Crippen LogP) is 3.03. The van der Waals surface area contributed by atoms with Gasteiger partial charge < -0.3 is 5.73 Å². The maximum atomic E-state index is 6.00. The molecule has 5 heteroatoms. The SMILES string of the molecule is Cc1nn(C)c(Sc2cccc(Cl)c2)c1CCN. The zero-order valence-corrected chi connectivity index (χ0v) is 12.1. The minimum absolute atomic E-state index is 0.635. The number of hydrogen-bond donors (Lipinski definition) is 1. The first-order chi connectivity index (χ1) is 8.61. The summed E-state index contributed by atoms with van der Waals surface area (Å²) in [6, 6.07) is 7.84. The first-order valence-corrected chi connectivity index (χ1v) is 6.97. The summed E-state index contributed by atoms with van der Waals surface area (Å²) in [5.74, 6) is 0. The largest absolute Gasteiger partial charge is 0.330 e. The average Bonchev–Trinajstić information content (AvgIpc) is 2.57. The van der Waals surface area contributed by atoms with Crippen molar-refractivity contribution in [1.29, 1.82) is 0 Å². The van der Waals surface area contributed by atoms with Gasteiger partial charge in [-0.3, -0.25) is 4.68 Å². The minimum Gasteiger partial charge on any atom is -0.330 e. The molecule has 0 fully saturated rings. The molecular formula is C13H16ClN3S. The summed E-state index contributed by atoms with van der Waals surface area (Å²) in [4.78, 5) is 1.11. The lowest BCUT2D eigenvalue weighted by molar-refractivity contribution is 0.688. The number of nitrogens with two attached hydrogens (primary N) is 1. The Balaban J connectivity index is 2.33. The van der Waals surface area contributed by atoms with Crippen LogP contribution in [0.1, 0.15) is 11.3 Å². The van der Waals surface area contributed by atoms with Gasteiger partial charge in [0.1, 0.15) is 5.03 Å². The van der Waals surface area contributed by atoms with Crippen LogP contribution >= 0.6 is 23.4 Å². The normalized spacial score (nSPS) is 10.9.